The molecule has 0 amide bonds. The Kier molecular flexibility index (Phi) is 11.9. The Hall–Kier alpha value is 1.20. The van der Waals surface area contributed by atoms with E-state index in [4.69, 9.17) is 69.6 Å². The Bertz CT molecular complexity index is 196. The van der Waals surface area contributed by atoms with Crippen LogP contribution in [0.5, 0.6) is 0 Å². The number of hydrogen-bond donors (Lipinski definition) is 0. The number of aliphatic carboxylic acids is 2. The first-order valence-corrected chi connectivity index (χ1v) is 4.72. The van der Waals surface area contributed by atoms with E-state index in [0.717, 1.165) is 0 Å². The summed E-state index contributed by atoms with van der Waals surface area (Å²) in [5.41, 5.74) is 0. The molecule has 0 rings (SSSR count). The fourth-order valence-corrected chi connectivity index (χ4v) is 0. The van der Waals surface area contributed by atoms with Crippen LogP contribution >= 0.6 is 69.6 Å². The summed E-state index contributed by atoms with van der Waals surface area (Å²) in [7, 11) is 0. The first-order chi connectivity index (χ1) is 5.89. The molecule has 0 unspecified atom stereocenters. The molecule has 0 aliphatic rings. The molecule has 93 valence electrons. The Morgan fingerprint density at radius 1 is 0.733 bits per heavy atom. The first-order valence-electron chi connectivity index (χ1n) is 2.45. The van der Waals surface area contributed by atoms with Crippen molar-refractivity contribution < 1.29 is 36.9 Å². The van der Waals surface area contributed by atoms with Gasteiger partial charge in [0, 0.05) is 0 Å². The van der Waals surface area contributed by atoms with Crippen LogP contribution in [0.4, 0.5) is 0 Å². The van der Waals surface area contributed by atoms with Crippen LogP contribution in [0.2, 0.25) is 0 Å². The number of halogens is 6. The molecule has 0 aliphatic heterocycles. The van der Waals surface area contributed by atoms with Gasteiger partial charge >= 0.3 is 17.1 Å². The smallest absolute Gasteiger partial charge is 0.545 e. The summed E-state index contributed by atoms with van der Waals surface area (Å²) in [4.78, 5) is 19.0. The standard InChI is InChI=1S/2C2HCl3O2.Cu/c2*3-2(4,5)1(6)7;/h2*(H,6,7);/q;;+2/p-2. The molecule has 1 radical (unpaired) electrons. The predicted octanol–water partition coefficient (Wildman–Crippen LogP) is 0.210. The summed E-state index contributed by atoms with van der Waals surface area (Å²) in [5, 5.41) is 19.0. The molecule has 0 spiro atoms. The van der Waals surface area contributed by atoms with Crippen molar-refractivity contribution >= 4 is 81.5 Å². The van der Waals surface area contributed by atoms with Crippen molar-refractivity contribution in [3.8, 4) is 0 Å². The van der Waals surface area contributed by atoms with Crippen LogP contribution < -0.4 is 10.2 Å². The molecule has 0 bridgehead atoms. The second-order valence-corrected chi connectivity index (χ2v) is 6.13. The number of carbonyl (C=O) groups is 2. The van der Waals surface area contributed by atoms with E-state index in [9.17, 15) is 19.8 Å². The van der Waals surface area contributed by atoms with Gasteiger partial charge in [0.25, 0.3) is 0 Å². The van der Waals surface area contributed by atoms with Crippen molar-refractivity contribution in [2.75, 3.05) is 0 Å². The van der Waals surface area contributed by atoms with Gasteiger partial charge in [-0.05, 0) is 0 Å². The average molecular weight is 388 g/mol. The minimum Gasteiger partial charge on any atom is -0.545 e. The number of alkyl halides is 6. The molecule has 0 atom stereocenters. The van der Waals surface area contributed by atoms with Gasteiger partial charge in [0.05, 0.1) is 11.9 Å². The minimum atomic E-state index is -2.28. The van der Waals surface area contributed by atoms with Crippen LogP contribution in [0.3, 0.4) is 0 Å². The normalized spacial score (nSPS) is 10.5. The first kappa shape index (κ1) is 21.5. The molecule has 0 aliphatic carbocycles. The van der Waals surface area contributed by atoms with Crippen LogP contribution in [-0.2, 0) is 26.7 Å². The van der Waals surface area contributed by atoms with Crippen LogP contribution in [0.15, 0.2) is 0 Å². The number of carboxylic acids is 2. The molecular weight excluding hydrogens is 388 g/mol. The number of carboxylic acid groups (broad SMARTS) is 2. The van der Waals surface area contributed by atoms with Crippen LogP contribution in [0.1, 0.15) is 0 Å². The van der Waals surface area contributed by atoms with Gasteiger partial charge in [0.15, 0.2) is 0 Å². The molecular formula is C4Cl6CuO4. The van der Waals surface area contributed by atoms with Crippen LogP contribution in [-0.4, -0.2) is 19.5 Å². The zero-order valence-corrected chi connectivity index (χ0v) is 11.7. The maximum absolute atomic E-state index is 9.51. The van der Waals surface area contributed by atoms with E-state index >= 15 is 0 Å². The molecule has 0 aromatic rings. The molecule has 11 heteroatoms. The van der Waals surface area contributed by atoms with Crippen molar-refractivity contribution in [3.63, 3.8) is 0 Å². The number of rotatable bonds is 0. The van der Waals surface area contributed by atoms with E-state index < -0.39 is 19.5 Å². The Morgan fingerprint density at radius 2 is 0.800 bits per heavy atom. The molecule has 0 aromatic carbocycles. The number of hydrogen-bond acceptors (Lipinski definition) is 4. The van der Waals surface area contributed by atoms with Gasteiger partial charge in [-0.2, -0.15) is 0 Å². The predicted molar refractivity (Wildman–Crippen MR) is 50.6 cm³/mol. The van der Waals surface area contributed by atoms with E-state index in [1.807, 2.05) is 0 Å². The van der Waals surface area contributed by atoms with Crippen molar-refractivity contribution in [2.45, 2.75) is 7.59 Å². The Labute approximate surface area is 125 Å². The molecule has 0 heterocycles. The topological polar surface area (TPSA) is 80.3 Å². The van der Waals surface area contributed by atoms with Crippen molar-refractivity contribution in [1.29, 1.82) is 0 Å². The zero-order valence-electron chi connectivity index (χ0n) is 6.20. The third kappa shape index (κ3) is 15.2. The minimum absolute atomic E-state index is 0. The Balaban J connectivity index is -0.000000180. The third-order valence-electron chi connectivity index (χ3n) is 0.463. The van der Waals surface area contributed by atoms with E-state index in [1.54, 1.807) is 0 Å². The van der Waals surface area contributed by atoms with Gasteiger partial charge in [-0.15, -0.1) is 0 Å². The van der Waals surface area contributed by atoms with Gasteiger partial charge in [0.1, 0.15) is 0 Å². The van der Waals surface area contributed by atoms with Crippen molar-refractivity contribution in [3.05, 3.63) is 0 Å². The van der Waals surface area contributed by atoms with Gasteiger partial charge in [-0.1, -0.05) is 69.6 Å². The third-order valence-corrected chi connectivity index (χ3v) is 1.39. The molecule has 0 fully saturated rings. The average Bonchev–Trinajstić information content (AvgIpc) is 1.83. The summed E-state index contributed by atoms with van der Waals surface area (Å²) in [6.45, 7) is 0. The van der Waals surface area contributed by atoms with Crippen LogP contribution in [0, 0.1) is 0 Å². The van der Waals surface area contributed by atoms with E-state index in [1.165, 1.54) is 0 Å². The SMILES string of the molecule is O=C([O-])C(Cl)(Cl)Cl.O=C([O-])C(Cl)(Cl)Cl.[Cu+2]. The summed E-state index contributed by atoms with van der Waals surface area (Å²) in [6, 6.07) is 0. The summed E-state index contributed by atoms with van der Waals surface area (Å²) in [5.74, 6) is -3.42. The quantitative estimate of drug-likeness (QED) is 0.439. The summed E-state index contributed by atoms with van der Waals surface area (Å²) in [6.07, 6.45) is 0. The molecule has 0 saturated heterocycles. The van der Waals surface area contributed by atoms with E-state index in [-0.39, 0.29) is 17.1 Å². The zero-order chi connectivity index (χ0) is 12.2. The Morgan fingerprint density at radius 3 is 0.800 bits per heavy atom. The second-order valence-electron chi connectivity index (χ2n) is 1.57. The summed E-state index contributed by atoms with van der Waals surface area (Å²) >= 11 is 28.4. The number of carbonyl (C=O) groups excluding carboxylic acids is 2. The fourth-order valence-electron chi connectivity index (χ4n) is 0. The van der Waals surface area contributed by atoms with E-state index in [2.05, 4.69) is 0 Å². The fraction of sp³-hybridized carbons (Fsp3) is 0.500. The molecule has 0 saturated carbocycles. The van der Waals surface area contributed by atoms with Crippen LogP contribution in [0.25, 0.3) is 0 Å². The van der Waals surface area contributed by atoms with E-state index in [0.29, 0.717) is 0 Å². The maximum Gasteiger partial charge on any atom is 2.00 e. The molecule has 0 N–H and O–H groups in total. The van der Waals surface area contributed by atoms with Crippen molar-refractivity contribution in [2.24, 2.45) is 0 Å². The van der Waals surface area contributed by atoms with Gasteiger partial charge in [0.2, 0.25) is 7.59 Å². The monoisotopic (exact) mass is 385 g/mol. The summed E-state index contributed by atoms with van der Waals surface area (Å²) < 4.78 is -4.56. The maximum atomic E-state index is 9.51. The largest absolute Gasteiger partial charge is 2.00 e. The van der Waals surface area contributed by atoms with Crippen molar-refractivity contribution in [1.82, 2.24) is 0 Å². The van der Waals surface area contributed by atoms with Gasteiger partial charge in [-0.25, -0.2) is 0 Å². The molecule has 15 heavy (non-hydrogen) atoms. The molecule has 0 aromatic heterocycles. The van der Waals surface area contributed by atoms with Gasteiger partial charge < -0.3 is 19.8 Å². The van der Waals surface area contributed by atoms with Gasteiger partial charge in [-0.3, -0.25) is 0 Å². The second kappa shape index (κ2) is 8.31. The molecule has 4 nitrogen and oxygen atoms in total.